The SMILES string of the molecule is CC1=C/C2=C/C=C\C=C=CC2CC1. The molecule has 0 radical (unpaired) electrons. The van der Waals surface area contributed by atoms with Crippen LogP contribution in [0, 0.1) is 5.92 Å². The molecule has 1 unspecified atom stereocenters. The lowest BCUT2D eigenvalue weighted by molar-refractivity contribution is 0.657. The summed E-state index contributed by atoms with van der Waals surface area (Å²) in [6, 6.07) is 0. The minimum absolute atomic E-state index is 0.588. The van der Waals surface area contributed by atoms with Crippen molar-refractivity contribution in [3.63, 3.8) is 0 Å². The first-order valence-electron chi connectivity index (χ1n) is 4.83. The Labute approximate surface area is 79.7 Å². The van der Waals surface area contributed by atoms with Gasteiger partial charge in [-0.05, 0) is 37.5 Å². The molecule has 0 nitrogen and oxygen atoms in total. The van der Waals surface area contributed by atoms with Crippen molar-refractivity contribution in [2.45, 2.75) is 19.8 Å². The van der Waals surface area contributed by atoms with Crippen LogP contribution in [0.3, 0.4) is 0 Å². The molecular weight excluding hydrogens is 156 g/mol. The van der Waals surface area contributed by atoms with Crippen LogP contribution >= 0.6 is 0 Å². The van der Waals surface area contributed by atoms with Gasteiger partial charge in [0.1, 0.15) is 0 Å². The third-order valence-corrected chi connectivity index (χ3v) is 2.58. The van der Waals surface area contributed by atoms with Crippen LogP contribution < -0.4 is 0 Å². The van der Waals surface area contributed by atoms with Gasteiger partial charge in [0.25, 0.3) is 0 Å². The van der Waals surface area contributed by atoms with Gasteiger partial charge in [-0.1, -0.05) is 29.9 Å². The summed E-state index contributed by atoms with van der Waals surface area (Å²) < 4.78 is 0. The molecular formula is C13H14. The average Bonchev–Trinajstić information content (AvgIpc) is 2.08. The van der Waals surface area contributed by atoms with Crippen LogP contribution in [0.2, 0.25) is 0 Å². The first kappa shape index (κ1) is 8.34. The fraction of sp³-hybridized carbons (Fsp3) is 0.308. The molecule has 2 rings (SSSR count). The molecule has 0 bridgehead atoms. The second-order valence-corrected chi connectivity index (χ2v) is 3.69. The largest absolute Gasteiger partial charge is 0.125 e. The molecule has 0 fully saturated rings. The normalized spacial score (nSPS) is 32.2. The van der Waals surface area contributed by atoms with E-state index in [1.54, 1.807) is 0 Å². The Kier molecular flexibility index (Phi) is 2.33. The molecule has 0 amide bonds. The maximum atomic E-state index is 3.19. The van der Waals surface area contributed by atoms with Crippen LogP contribution in [0.5, 0.6) is 0 Å². The van der Waals surface area contributed by atoms with Crippen molar-refractivity contribution in [3.05, 3.63) is 53.3 Å². The molecule has 0 heterocycles. The Hall–Kier alpha value is -1.26. The van der Waals surface area contributed by atoms with Gasteiger partial charge < -0.3 is 0 Å². The summed E-state index contributed by atoms with van der Waals surface area (Å²) in [7, 11) is 0. The Bertz CT molecular complexity index is 344. The van der Waals surface area contributed by atoms with Crippen molar-refractivity contribution in [1.82, 2.24) is 0 Å². The van der Waals surface area contributed by atoms with Crippen molar-refractivity contribution in [3.8, 4) is 0 Å². The summed E-state index contributed by atoms with van der Waals surface area (Å²) in [5.74, 6) is 0.588. The zero-order valence-corrected chi connectivity index (χ0v) is 7.96. The molecule has 0 aromatic rings. The standard InChI is InChI=1S/C13H14/c1-11-8-9-12-6-4-2-3-5-7-13(12)10-11/h2-3,5-7,10,12H,8-9H2,1H3/b5-3-,13-7-. The summed E-state index contributed by atoms with van der Waals surface area (Å²) in [5, 5.41) is 0. The lowest BCUT2D eigenvalue weighted by Gasteiger charge is -2.20. The van der Waals surface area contributed by atoms with Crippen LogP contribution in [0.15, 0.2) is 53.3 Å². The fourth-order valence-electron chi connectivity index (χ4n) is 1.81. The molecule has 0 aromatic heterocycles. The van der Waals surface area contributed by atoms with E-state index in [0.717, 1.165) is 0 Å². The topological polar surface area (TPSA) is 0 Å². The third kappa shape index (κ3) is 1.91. The van der Waals surface area contributed by atoms with Gasteiger partial charge in [-0.25, -0.2) is 0 Å². The zero-order chi connectivity index (χ0) is 9.10. The Balaban J connectivity index is 2.37. The third-order valence-electron chi connectivity index (χ3n) is 2.58. The van der Waals surface area contributed by atoms with Crippen molar-refractivity contribution >= 4 is 0 Å². The molecule has 0 heteroatoms. The Morgan fingerprint density at radius 2 is 2.31 bits per heavy atom. The van der Waals surface area contributed by atoms with Gasteiger partial charge in [0.15, 0.2) is 0 Å². The monoisotopic (exact) mass is 170 g/mol. The molecule has 0 aromatic carbocycles. The number of hydrogen-bond donors (Lipinski definition) is 0. The van der Waals surface area contributed by atoms with E-state index in [1.165, 1.54) is 24.0 Å². The van der Waals surface area contributed by atoms with Gasteiger partial charge in [0.2, 0.25) is 0 Å². The van der Waals surface area contributed by atoms with E-state index in [9.17, 15) is 0 Å². The predicted octanol–water partition coefficient (Wildman–Crippen LogP) is 3.55. The number of fused-ring (bicyclic) bond motifs is 1. The van der Waals surface area contributed by atoms with Crippen LogP contribution in [0.25, 0.3) is 0 Å². The van der Waals surface area contributed by atoms with Crippen LogP contribution in [-0.2, 0) is 0 Å². The van der Waals surface area contributed by atoms with E-state index < -0.39 is 0 Å². The lowest BCUT2D eigenvalue weighted by Crippen LogP contribution is -2.05. The molecule has 0 saturated heterocycles. The maximum absolute atomic E-state index is 3.19. The van der Waals surface area contributed by atoms with Gasteiger partial charge in [0, 0.05) is 5.92 Å². The quantitative estimate of drug-likeness (QED) is 0.488. The number of rotatable bonds is 0. The summed E-state index contributed by atoms with van der Waals surface area (Å²) in [6.45, 7) is 2.21. The molecule has 0 spiro atoms. The smallest absolute Gasteiger partial charge is 0.00968 e. The summed E-state index contributed by atoms with van der Waals surface area (Å²) in [6.07, 6.45) is 15.3. The van der Waals surface area contributed by atoms with E-state index in [1.807, 2.05) is 12.2 Å². The van der Waals surface area contributed by atoms with Crippen molar-refractivity contribution < 1.29 is 0 Å². The van der Waals surface area contributed by atoms with Gasteiger partial charge in [-0.2, -0.15) is 0 Å². The van der Waals surface area contributed by atoms with Crippen LogP contribution in [0.4, 0.5) is 0 Å². The summed E-state index contributed by atoms with van der Waals surface area (Å²) in [4.78, 5) is 0. The van der Waals surface area contributed by atoms with E-state index in [0.29, 0.717) is 5.92 Å². The highest BCUT2D eigenvalue weighted by Gasteiger charge is 2.14. The molecule has 13 heavy (non-hydrogen) atoms. The van der Waals surface area contributed by atoms with Crippen molar-refractivity contribution in [2.24, 2.45) is 5.92 Å². The molecule has 0 saturated carbocycles. The molecule has 1 atom stereocenters. The molecule has 0 N–H and O–H groups in total. The first-order chi connectivity index (χ1) is 6.36. The molecule has 66 valence electrons. The van der Waals surface area contributed by atoms with E-state index in [2.05, 4.69) is 37.0 Å². The van der Waals surface area contributed by atoms with Gasteiger partial charge in [0.05, 0.1) is 0 Å². The minimum atomic E-state index is 0.588. The maximum Gasteiger partial charge on any atom is 0.00968 e. The van der Waals surface area contributed by atoms with Crippen LogP contribution in [-0.4, -0.2) is 0 Å². The van der Waals surface area contributed by atoms with Crippen molar-refractivity contribution in [2.75, 3.05) is 0 Å². The second kappa shape index (κ2) is 3.64. The van der Waals surface area contributed by atoms with Gasteiger partial charge in [-0.15, -0.1) is 5.73 Å². The first-order valence-corrected chi connectivity index (χ1v) is 4.83. The average molecular weight is 170 g/mol. The minimum Gasteiger partial charge on any atom is -0.125 e. The number of hydrogen-bond acceptors (Lipinski definition) is 0. The van der Waals surface area contributed by atoms with Gasteiger partial charge in [-0.3, -0.25) is 0 Å². The van der Waals surface area contributed by atoms with Crippen LogP contribution in [0.1, 0.15) is 19.8 Å². The summed E-state index contributed by atoms with van der Waals surface area (Å²) >= 11 is 0. The molecule has 2 aliphatic carbocycles. The van der Waals surface area contributed by atoms with E-state index in [4.69, 9.17) is 0 Å². The fourth-order valence-corrected chi connectivity index (χ4v) is 1.81. The number of allylic oxidation sites excluding steroid dienone is 7. The highest BCUT2D eigenvalue weighted by Crippen LogP contribution is 2.29. The highest BCUT2D eigenvalue weighted by atomic mass is 14.2. The predicted molar refractivity (Wildman–Crippen MR) is 56.4 cm³/mol. The van der Waals surface area contributed by atoms with Crippen molar-refractivity contribution in [1.29, 1.82) is 0 Å². The van der Waals surface area contributed by atoms with Gasteiger partial charge >= 0.3 is 0 Å². The Morgan fingerprint density at radius 1 is 1.38 bits per heavy atom. The zero-order valence-electron chi connectivity index (χ0n) is 7.96. The highest BCUT2D eigenvalue weighted by molar-refractivity contribution is 5.36. The molecule has 2 aliphatic rings. The molecule has 0 aliphatic heterocycles. The Morgan fingerprint density at radius 3 is 3.23 bits per heavy atom. The van der Waals surface area contributed by atoms with E-state index in [-0.39, 0.29) is 0 Å². The second-order valence-electron chi connectivity index (χ2n) is 3.69. The summed E-state index contributed by atoms with van der Waals surface area (Å²) in [5.41, 5.74) is 6.12. The van der Waals surface area contributed by atoms with E-state index >= 15 is 0 Å². The lowest BCUT2D eigenvalue weighted by atomic mass is 9.85.